The van der Waals surface area contributed by atoms with Gasteiger partial charge in [-0.3, -0.25) is 28.2 Å². The van der Waals surface area contributed by atoms with Crippen LogP contribution >= 0.6 is 7.82 Å². The van der Waals surface area contributed by atoms with Crippen LogP contribution in [0.2, 0.25) is 0 Å². The second-order valence-corrected chi connectivity index (χ2v) is 24.3. The quantitative estimate of drug-likeness (QED) is 0.0149. The van der Waals surface area contributed by atoms with Crippen molar-refractivity contribution in [2.45, 2.75) is 287 Å². The molecule has 1 rings (SSSR count). The Bertz CT molecular complexity index is 1910. The van der Waals surface area contributed by atoms with Gasteiger partial charge in [0, 0.05) is 32.7 Å². The number of carbonyl (C=O) groups excluding carboxylic acids is 4. The average Bonchev–Trinajstić information content (AvgIpc) is 3.47. The van der Waals surface area contributed by atoms with E-state index in [0.29, 0.717) is 25.9 Å². The summed E-state index contributed by atoms with van der Waals surface area (Å²) in [6.07, 6.45) is 57.6. The van der Waals surface area contributed by atoms with Crippen LogP contribution in [0.5, 0.6) is 0 Å². The molecule has 2 N–H and O–H groups in total. The zero-order valence-corrected chi connectivity index (χ0v) is 53.8. The Labute approximate surface area is 494 Å². The molecule has 0 fully saturated rings. The molecule has 2 atom stereocenters. The highest BCUT2D eigenvalue weighted by molar-refractivity contribution is 7.47. The van der Waals surface area contributed by atoms with E-state index in [2.05, 4.69) is 102 Å². The maximum Gasteiger partial charge on any atom is 0.472 e. The van der Waals surface area contributed by atoms with E-state index in [0.717, 1.165) is 82.6 Å². The Morgan fingerprint density at radius 2 is 1.09 bits per heavy atom. The van der Waals surface area contributed by atoms with Gasteiger partial charge < -0.3 is 24.4 Å². The van der Waals surface area contributed by atoms with E-state index >= 15 is 0 Å². The summed E-state index contributed by atoms with van der Waals surface area (Å²) in [4.78, 5) is 57.6. The molecule has 12 nitrogen and oxygen atoms in total. The molecule has 0 aromatic rings. The van der Waals surface area contributed by atoms with Crippen LogP contribution < -0.4 is 5.32 Å². The first-order chi connectivity index (χ1) is 39.0. The van der Waals surface area contributed by atoms with Gasteiger partial charge >= 0.3 is 25.7 Å². The molecule has 0 bridgehead atoms. The minimum Gasteiger partial charge on any atom is -0.462 e. The molecule has 466 valence electrons. The number of unbranched alkanes of at least 4 members (excludes halogenated alkanes) is 23. The molecule has 0 aliphatic heterocycles. The first-order valence-electron chi connectivity index (χ1n) is 32.0. The minimum absolute atomic E-state index is 0.0333. The molecule has 0 aromatic carbocycles. The lowest BCUT2D eigenvalue weighted by Crippen LogP contribution is -2.30. The van der Waals surface area contributed by atoms with Gasteiger partial charge in [0.1, 0.15) is 13.2 Å². The SMILES string of the molecule is CCCCC(=O)OC/C=C(C)/C=C/C=C(C)/C=C/C1=C(C)CCCC1(C)C.CCCCCCCC/C=C\CCCCCCCC(=O)OC[C@H](COP(=O)(O)OCCNC(C)=O)OC(=O)CCCCCCC/C=C\CCCCCCCC. The number of carbonyl (C=O) groups is 4. The summed E-state index contributed by atoms with van der Waals surface area (Å²) in [6, 6.07) is 0. The first kappa shape index (κ1) is 77.2. The van der Waals surface area contributed by atoms with Crippen LogP contribution in [0.15, 0.2) is 83.1 Å². The van der Waals surface area contributed by atoms with E-state index in [1.165, 1.54) is 133 Å². The maximum absolute atomic E-state index is 12.6. The smallest absolute Gasteiger partial charge is 0.462 e. The summed E-state index contributed by atoms with van der Waals surface area (Å²) in [5, 5.41) is 2.46. The number of allylic oxidation sites excluding steroid dienone is 13. The van der Waals surface area contributed by atoms with Crippen molar-refractivity contribution >= 4 is 31.6 Å². The fourth-order valence-electron chi connectivity index (χ4n) is 9.26. The molecular formula is C68H118NO11P. The van der Waals surface area contributed by atoms with Crippen LogP contribution in [0.1, 0.15) is 281 Å². The van der Waals surface area contributed by atoms with Gasteiger partial charge in [0.05, 0.1) is 13.2 Å². The first-order valence-corrected chi connectivity index (χ1v) is 33.5. The number of rotatable bonds is 49. The summed E-state index contributed by atoms with van der Waals surface area (Å²) in [5.41, 5.74) is 5.62. The second kappa shape index (κ2) is 52.9. The van der Waals surface area contributed by atoms with Gasteiger partial charge in [-0.05, 0) is 128 Å². The largest absolute Gasteiger partial charge is 0.472 e. The molecule has 0 aromatic heterocycles. The van der Waals surface area contributed by atoms with E-state index in [4.69, 9.17) is 23.3 Å². The highest BCUT2D eigenvalue weighted by Crippen LogP contribution is 2.43. The topological polar surface area (TPSA) is 164 Å². The Kier molecular flexibility index (Phi) is 50.4. The Balaban J connectivity index is 0.00000197. The van der Waals surface area contributed by atoms with Crippen molar-refractivity contribution in [3.05, 3.63) is 83.1 Å². The van der Waals surface area contributed by atoms with Crippen LogP contribution in [-0.4, -0.2) is 67.8 Å². The number of amides is 1. The van der Waals surface area contributed by atoms with Crippen LogP contribution in [0, 0.1) is 5.41 Å². The van der Waals surface area contributed by atoms with E-state index in [-0.39, 0.29) is 49.9 Å². The Morgan fingerprint density at radius 1 is 0.605 bits per heavy atom. The molecule has 0 saturated carbocycles. The predicted molar refractivity (Wildman–Crippen MR) is 337 cm³/mol. The van der Waals surface area contributed by atoms with Crippen LogP contribution in [0.4, 0.5) is 0 Å². The molecule has 0 radical (unpaired) electrons. The van der Waals surface area contributed by atoms with Crippen molar-refractivity contribution in [2.24, 2.45) is 5.41 Å². The fraction of sp³-hybridized carbons (Fsp3) is 0.735. The number of nitrogens with one attached hydrogen (secondary N) is 1. The number of ether oxygens (including phenoxy) is 3. The van der Waals surface area contributed by atoms with E-state index in [9.17, 15) is 28.6 Å². The lowest BCUT2D eigenvalue weighted by molar-refractivity contribution is -0.161. The van der Waals surface area contributed by atoms with Crippen molar-refractivity contribution in [1.82, 2.24) is 5.32 Å². The lowest BCUT2D eigenvalue weighted by Gasteiger charge is -2.32. The lowest BCUT2D eigenvalue weighted by atomic mass is 9.72. The van der Waals surface area contributed by atoms with Crippen molar-refractivity contribution in [3.8, 4) is 0 Å². The zero-order chi connectivity index (χ0) is 60.1. The van der Waals surface area contributed by atoms with Gasteiger partial charge in [0.25, 0.3) is 0 Å². The predicted octanol–water partition coefficient (Wildman–Crippen LogP) is 19.0. The van der Waals surface area contributed by atoms with Crippen LogP contribution in [0.25, 0.3) is 0 Å². The van der Waals surface area contributed by atoms with Gasteiger partial charge in [0.15, 0.2) is 6.10 Å². The summed E-state index contributed by atoms with van der Waals surface area (Å²) in [5.74, 6) is -1.30. The van der Waals surface area contributed by atoms with Crippen LogP contribution in [0.3, 0.4) is 0 Å². The number of phosphoric ester groups is 1. The van der Waals surface area contributed by atoms with Gasteiger partial charge in [-0.15, -0.1) is 0 Å². The Hall–Kier alpha value is -3.83. The minimum atomic E-state index is -4.49. The van der Waals surface area contributed by atoms with Gasteiger partial charge in [-0.1, -0.05) is 215 Å². The fourth-order valence-corrected chi connectivity index (χ4v) is 10.0. The molecule has 81 heavy (non-hydrogen) atoms. The summed E-state index contributed by atoms with van der Waals surface area (Å²) < 4.78 is 38.3. The molecule has 1 aliphatic carbocycles. The summed E-state index contributed by atoms with van der Waals surface area (Å²) in [6.45, 7) is 18.4. The molecular weight excluding hydrogens is 1040 g/mol. The van der Waals surface area contributed by atoms with Crippen molar-refractivity contribution in [2.75, 3.05) is 33.0 Å². The highest BCUT2D eigenvalue weighted by atomic mass is 31.2. The van der Waals surface area contributed by atoms with Gasteiger partial charge in [0.2, 0.25) is 5.91 Å². The zero-order valence-electron chi connectivity index (χ0n) is 52.9. The van der Waals surface area contributed by atoms with Gasteiger partial charge in [-0.25, -0.2) is 4.57 Å². The van der Waals surface area contributed by atoms with Crippen molar-refractivity contribution in [1.29, 1.82) is 0 Å². The Morgan fingerprint density at radius 3 is 1.60 bits per heavy atom. The number of hydrogen-bond acceptors (Lipinski definition) is 10. The molecule has 0 spiro atoms. The molecule has 1 aliphatic rings. The van der Waals surface area contributed by atoms with Gasteiger partial charge in [-0.2, -0.15) is 0 Å². The number of hydrogen-bond donors (Lipinski definition) is 2. The van der Waals surface area contributed by atoms with E-state index in [1.807, 2.05) is 19.1 Å². The third-order valence-corrected chi connectivity index (χ3v) is 15.3. The molecule has 0 saturated heterocycles. The number of phosphoric acid groups is 1. The second-order valence-electron chi connectivity index (χ2n) is 22.8. The molecule has 1 unspecified atom stereocenters. The maximum atomic E-state index is 12.6. The average molecular weight is 1160 g/mol. The van der Waals surface area contributed by atoms with Crippen molar-refractivity contribution < 1.29 is 51.9 Å². The van der Waals surface area contributed by atoms with E-state index in [1.54, 1.807) is 0 Å². The van der Waals surface area contributed by atoms with Crippen LogP contribution in [-0.2, 0) is 47.0 Å². The third-order valence-electron chi connectivity index (χ3n) is 14.3. The highest BCUT2D eigenvalue weighted by Gasteiger charge is 2.27. The molecule has 0 heterocycles. The normalized spacial score (nSPS) is 15.1. The monoisotopic (exact) mass is 1160 g/mol. The third kappa shape index (κ3) is 50.4. The van der Waals surface area contributed by atoms with Crippen molar-refractivity contribution in [3.63, 3.8) is 0 Å². The molecule has 1 amide bonds. The molecule has 13 heteroatoms. The number of esters is 3. The summed E-state index contributed by atoms with van der Waals surface area (Å²) in [7, 11) is -4.49. The summed E-state index contributed by atoms with van der Waals surface area (Å²) >= 11 is 0. The van der Waals surface area contributed by atoms with E-state index < -0.39 is 32.5 Å². The standard InChI is InChI=1S/C43H80NO9P.C25H38O2/c1-4-6-8-10-12-14-16-18-20-22-24-26-28-30-32-34-42(46)50-38-41(39-52-54(48,49)51-37-36-44-40(3)45)53-43(47)35-33-31-29-27-25-23-21-19-17-15-13-11-9-7-5-2;1-7-8-14-24(26)27-19-17-21(3)12-9-11-20(2)15-16-23-22(4)13-10-18-25(23,5)6/h18-21,41H,4-17,22-39H2,1-3H3,(H,44,45)(H,48,49);9,11-12,15-17H,7-8,10,13-14,18-19H2,1-6H3/b20-18-,21-19-;12-9+,16-15+,20-11+,21-17+/t41-;/m1./s1.